The normalized spacial score (nSPS) is 18.4. The predicted octanol–water partition coefficient (Wildman–Crippen LogP) is 1.57. The maximum Gasteiger partial charge on any atom is 0.0704 e. The van der Waals surface area contributed by atoms with Crippen molar-refractivity contribution in [1.29, 1.82) is 0 Å². The Kier molecular flexibility index (Phi) is 6.15. The lowest BCUT2D eigenvalue weighted by molar-refractivity contribution is 0.0133. The minimum Gasteiger partial charge on any atom is -0.382 e. The fraction of sp³-hybridized carbons (Fsp3) is 1.00. The molecule has 84 valence electrons. The van der Waals surface area contributed by atoms with Crippen LogP contribution in [-0.2, 0) is 9.47 Å². The monoisotopic (exact) mass is 201 g/mol. The molecule has 1 aliphatic rings. The zero-order valence-electron chi connectivity index (χ0n) is 9.42. The highest BCUT2D eigenvalue weighted by Crippen LogP contribution is 2.18. The molecule has 14 heavy (non-hydrogen) atoms. The highest BCUT2D eigenvalue weighted by atomic mass is 16.5. The van der Waals surface area contributed by atoms with Crippen LogP contribution in [0.25, 0.3) is 0 Å². The number of hydrogen-bond donors (Lipinski definition) is 1. The summed E-state index contributed by atoms with van der Waals surface area (Å²) in [5.41, 5.74) is 0. The van der Waals surface area contributed by atoms with Crippen molar-refractivity contribution >= 4 is 0 Å². The molecule has 0 aromatic rings. The van der Waals surface area contributed by atoms with E-state index in [-0.39, 0.29) is 0 Å². The Morgan fingerprint density at radius 1 is 1.36 bits per heavy atom. The summed E-state index contributed by atoms with van der Waals surface area (Å²) in [6.07, 6.45) is 5.39. The minimum atomic E-state index is 0.371. The molecule has 1 unspecified atom stereocenters. The third-order valence-corrected chi connectivity index (χ3v) is 2.46. The zero-order valence-corrected chi connectivity index (χ0v) is 9.42. The quantitative estimate of drug-likeness (QED) is 0.574. The maximum absolute atomic E-state index is 5.71. The van der Waals surface area contributed by atoms with E-state index in [1.165, 1.54) is 19.3 Å². The van der Waals surface area contributed by atoms with Gasteiger partial charge in [0, 0.05) is 19.7 Å². The molecule has 3 nitrogen and oxygen atoms in total. The first kappa shape index (κ1) is 12.0. The summed E-state index contributed by atoms with van der Waals surface area (Å²) in [5, 5.41) is 3.50. The van der Waals surface area contributed by atoms with Gasteiger partial charge in [-0.2, -0.15) is 0 Å². The van der Waals surface area contributed by atoms with Gasteiger partial charge >= 0.3 is 0 Å². The van der Waals surface area contributed by atoms with E-state index in [4.69, 9.17) is 9.47 Å². The van der Waals surface area contributed by atoms with E-state index in [1.54, 1.807) is 7.11 Å². The van der Waals surface area contributed by atoms with E-state index < -0.39 is 0 Å². The second kappa shape index (κ2) is 7.21. The van der Waals surface area contributed by atoms with Gasteiger partial charge in [0.15, 0.2) is 0 Å². The fourth-order valence-corrected chi connectivity index (χ4v) is 1.45. The highest BCUT2D eigenvalue weighted by Gasteiger charge is 2.21. The SMILES string of the molecule is CCCC(CNC1CC1)OCCOC. The summed E-state index contributed by atoms with van der Waals surface area (Å²) in [6, 6.07) is 0.778. The van der Waals surface area contributed by atoms with Crippen molar-refractivity contribution in [2.75, 3.05) is 26.9 Å². The first-order chi connectivity index (χ1) is 6.86. The largest absolute Gasteiger partial charge is 0.382 e. The molecule has 0 aliphatic heterocycles. The Labute approximate surface area is 87.2 Å². The number of hydrogen-bond acceptors (Lipinski definition) is 3. The lowest BCUT2D eigenvalue weighted by Crippen LogP contribution is -2.31. The molecule has 1 rings (SSSR count). The van der Waals surface area contributed by atoms with Crippen LogP contribution in [0.2, 0.25) is 0 Å². The van der Waals surface area contributed by atoms with Crippen molar-refractivity contribution in [3.05, 3.63) is 0 Å². The number of nitrogens with one attached hydrogen (secondary N) is 1. The van der Waals surface area contributed by atoms with Gasteiger partial charge in [0.05, 0.1) is 19.3 Å². The molecule has 0 bridgehead atoms. The molecule has 0 heterocycles. The van der Waals surface area contributed by atoms with Crippen molar-refractivity contribution in [3.63, 3.8) is 0 Å². The molecule has 1 N–H and O–H groups in total. The maximum atomic E-state index is 5.71. The van der Waals surface area contributed by atoms with Crippen LogP contribution >= 0.6 is 0 Å². The first-order valence-corrected chi connectivity index (χ1v) is 5.70. The Morgan fingerprint density at radius 3 is 2.71 bits per heavy atom. The summed E-state index contributed by atoms with van der Waals surface area (Å²) in [4.78, 5) is 0. The second-order valence-electron chi connectivity index (χ2n) is 3.96. The minimum absolute atomic E-state index is 0.371. The van der Waals surface area contributed by atoms with E-state index in [2.05, 4.69) is 12.2 Å². The van der Waals surface area contributed by atoms with Gasteiger partial charge in [-0.15, -0.1) is 0 Å². The molecule has 0 spiro atoms. The lowest BCUT2D eigenvalue weighted by atomic mass is 10.2. The summed E-state index contributed by atoms with van der Waals surface area (Å²) in [7, 11) is 1.71. The average Bonchev–Trinajstić information content (AvgIpc) is 2.98. The van der Waals surface area contributed by atoms with Crippen LogP contribution < -0.4 is 5.32 Å². The van der Waals surface area contributed by atoms with Crippen molar-refractivity contribution in [1.82, 2.24) is 5.32 Å². The Morgan fingerprint density at radius 2 is 2.14 bits per heavy atom. The zero-order chi connectivity index (χ0) is 10.2. The van der Waals surface area contributed by atoms with Gasteiger partial charge in [0.1, 0.15) is 0 Å². The van der Waals surface area contributed by atoms with Gasteiger partial charge in [-0.05, 0) is 19.3 Å². The molecule has 0 radical (unpaired) electrons. The molecule has 0 aromatic carbocycles. The van der Waals surface area contributed by atoms with Crippen LogP contribution in [-0.4, -0.2) is 39.0 Å². The fourth-order valence-electron chi connectivity index (χ4n) is 1.45. The number of ether oxygens (including phenoxy) is 2. The van der Waals surface area contributed by atoms with Crippen molar-refractivity contribution in [3.8, 4) is 0 Å². The van der Waals surface area contributed by atoms with E-state index >= 15 is 0 Å². The van der Waals surface area contributed by atoms with E-state index in [0.717, 1.165) is 19.0 Å². The molecular formula is C11H23NO2. The number of methoxy groups -OCH3 is 1. The van der Waals surface area contributed by atoms with Crippen LogP contribution in [0.4, 0.5) is 0 Å². The van der Waals surface area contributed by atoms with E-state index in [9.17, 15) is 0 Å². The smallest absolute Gasteiger partial charge is 0.0704 e. The summed E-state index contributed by atoms with van der Waals surface area (Å²) in [5.74, 6) is 0. The molecule has 1 saturated carbocycles. The molecule has 1 aliphatic carbocycles. The van der Waals surface area contributed by atoms with Gasteiger partial charge < -0.3 is 14.8 Å². The highest BCUT2D eigenvalue weighted by molar-refractivity contribution is 4.81. The third-order valence-electron chi connectivity index (χ3n) is 2.46. The Hall–Kier alpha value is -0.120. The molecule has 1 fully saturated rings. The van der Waals surface area contributed by atoms with Crippen LogP contribution in [0, 0.1) is 0 Å². The Bertz CT molecular complexity index is 137. The topological polar surface area (TPSA) is 30.5 Å². The lowest BCUT2D eigenvalue weighted by Gasteiger charge is -2.17. The van der Waals surface area contributed by atoms with Crippen LogP contribution in [0.1, 0.15) is 32.6 Å². The second-order valence-corrected chi connectivity index (χ2v) is 3.96. The molecule has 0 saturated heterocycles. The van der Waals surface area contributed by atoms with Gasteiger partial charge in [-0.25, -0.2) is 0 Å². The van der Waals surface area contributed by atoms with Gasteiger partial charge in [0.25, 0.3) is 0 Å². The third kappa shape index (κ3) is 5.58. The van der Waals surface area contributed by atoms with Crippen molar-refractivity contribution in [2.24, 2.45) is 0 Å². The average molecular weight is 201 g/mol. The molecular weight excluding hydrogens is 178 g/mol. The molecule has 0 amide bonds. The van der Waals surface area contributed by atoms with E-state index in [0.29, 0.717) is 19.3 Å². The van der Waals surface area contributed by atoms with Crippen molar-refractivity contribution < 1.29 is 9.47 Å². The summed E-state index contributed by atoms with van der Waals surface area (Å²) < 4.78 is 10.7. The van der Waals surface area contributed by atoms with Gasteiger partial charge in [-0.3, -0.25) is 0 Å². The van der Waals surface area contributed by atoms with Gasteiger partial charge in [0.2, 0.25) is 0 Å². The van der Waals surface area contributed by atoms with Crippen LogP contribution in [0.5, 0.6) is 0 Å². The van der Waals surface area contributed by atoms with Gasteiger partial charge in [-0.1, -0.05) is 13.3 Å². The van der Waals surface area contributed by atoms with Crippen LogP contribution in [0.3, 0.4) is 0 Å². The molecule has 1 atom stereocenters. The van der Waals surface area contributed by atoms with Crippen LogP contribution in [0.15, 0.2) is 0 Å². The van der Waals surface area contributed by atoms with E-state index in [1.807, 2.05) is 0 Å². The predicted molar refractivity (Wildman–Crippen MR) is 57.5 cm³/mol. The summed E-state index contributed by atoms with van der Waals surface area (Å²) in [6.45, 7) is 4.61. The summed E-state index contributed by atoms with van der Waals surface area (Å²) >= 11 is 0. The Balaban J connectivity index is 2.02. The standard InChI is InChI=1S/C11H23NO2/c1-3-4-11(14-8-7-13-2)9-12-10-5-6-10/h10-12H,3-9H2,1-2H3. The number of rotatable bonds is 9. The first-order valence-electron chi connectivity index (χ1n) is 5.70. The molecule has 3 heteroatoms. The molecule has 0 aromatic heterocycles. The van der Waals surface area contributed by atoms with Crippen molar-refractivity contribution in [2.45, 2.75) is 44.8 Å².